The highest BCUT2D eigenvalue weighted by Crippen LogP contribution is 2.22. The number of aryl methyl sites for hydroxylation is 2. The maximum Gasteiger partial charge on any atom is 0.321 e. The third-order valence-electron chi connectivity index (χ3n) is 3.95. The highest BCUT2D eigenvalue weighted by molar-refractivity contribution is 5.91. The van der Waals surface area contributed by atoms with E-state index in [1.165, 1.54) is 0 Å². The van der Waals surface area contributed by atoms with Crippen LogP contribution in [-0.2, 0) is 0 Å². The molecule has 5 nitrogen and oxygen atoms in total. The summed E-state index contributed by atoms with van der Waals surface area (Å²) in [7, 11) is 1.74. The van der Waals surface area contributed by atoms with E-state index in [1.807, 2.05) is 70.2 Å². The topological polar surface area (TPSA) is 50.8 Å². The van der Waals surface area contributed by atoms with E-state index in [0.29, 0.717) is 13.2 Å². The van der Waals surface area contributed by atoms with Gasteiger partial charge < -0.3 is 14.8 Å². The number of benzene rings is 2. The molecule has 26 heavy (non-hydrogen) atoms. The molecule has 2 aromatic carbocycles. The minimum atomic E-state index is -0.129. The van der Waals surface area contributed by atoms with Gasteiger partial charge in [0.15, 0.2) is 0 Å². The van der Waals surface area contributed by atoms with Gasteiger partial charge in [-0.05, 0) is 63.1 Å². The maximum absolute atomic E-state index is 12.0. The van der Waals surface area contributed by atoms with Crippen molar-refractivity contribution < 1.29 is 14.3 Å². The summed E-state index contributed by atoms with van der Waals surface area (Å²) in [5.74, 6) is 1.67. The maximum atomic E-state index is 12.0. The predicted molar refractivity (Wildman–Crippen MR) is 105 cm³/mol. The Morgan fingerprint density at radius 1 is 1.00 bits per heavy atom. The summed E-state index contributed by atoms with van der Waals surface area (Å²) in [5, 5.41) is 2.86. The average molecular weight is 356 g/mol. The van der Waals surface area contributed by atoms with Crippen LogP contribution in [0, 0.1) is 13.8 Å². The summed E-state index contributed by atoms with van der Waals surface area (Å²) >= 11 is 0. The van der Waals surface area contributed by atoms with Gasteiger partial charge in [-0.15, -0.1) is 0 Å². The van der Waals surface area contributed by atoms with Crippen molar-refractivity contribution in [2.24, 2.45) is 0 Å². The molecule has 2 aromatic rings. The Morgan fingerprint density at radius 2 is 1.58 bits per heavy atom. The molecular weight excluding hydrogens is 328 g/mol. The molecule has 0 saturated carbocycles. The fourth-order valence-electron chi connectivity index (χ4n) is 2.56. The van der Waals surface area contributed by atoms with Crippen molar-refractivity contribution in [2.75, 3.05) is 25.2 Å². The number of hydrogen-bond donors (Lipinski definition) is 1. The molecule has 0 heterocycles. The van der Waals surface area contributed by atoms with Gasteiger partial charge in [0.05, 0.1) is 0 Å². The molecule has 140 valence electrons. The monoisotopic (exact) mass is 356 g/mol. The highest BCUT2D eigenvalue weighted by atomic mass is 16.5. The summed E-state index contributed by atoms with van der Waals surface area (Å²) in [6.07, 6.45) is 0. The lowest BCUT2D eigenvalue weighted by atomic mass is 10.1. The number of amides is 2. The summed E-state index contributed by atoms with van der Waals surface area (Å²) < 4.78 is 11.6. The molecule has 0 aliphatic rings. The molecule has 0 aliphatic carbocycles. The van der Waals surface area contributed by atoms with Crippen molar-refractivity contribution >= 4 is 11.7 Å². The Hall–Kier alpha value is -2.69. The largest absolute Gasteiger partial charge is 0.490 e. The van der Waals surface area contributed by atoms with Crippen LogP contribution in [0.4, 0.5) is 10.5 Å². The van der Waals surface area contributed by atoms with Crippen LogP contribution in [-0.4, -0.2) is 32.3 Å². The van der Waals surface area contributed by atoms with Crippen molar-refractivity contribution in [3.05, 3.63) is 53.6 Å². The molecule has 1 N–H and O–H groups in total. The first-order valence-electron chi connectivity index (χ1n) is 8.84. The number of nitrogens with one attached hydrogen (secondary N) is 1. The Labute approximate surface area is 155 Å². The molecule has 0 saturated heterocycles. The van der Waals surface area contributed by atoms with Crippen LogP contribution in [0.1, 0.15) is 25.0 Å². The summed E-state index contributed by atoms with van der Waals surface area (Å²) in [5.41, 5.74) is 3.05. The Kier molecular flexibility index (Phi) is 6.89. The summed E-state index contributed by atoms with van der Waals surface area (Å²) in [4.78, 5) is 13.6. The molecule has 0 aliphatic heterocycles. The van der Waals surface area contributed by atoms with Crippen molar-refractivity contribution in [1.82, 2.24) is 5.32 Å². The van der Waals surface area contributed by atoms with E-state index in [4.69, 9.17) is 9.47 Å². The predicted octanol–water partition coefficient (Wildman–Crippen LogP) is 4.32. The van der Waals surface area contributed by atoms with Crippen LogP contribution in [0.5, 0.6) is 11.5 Å². The van der Waals surface area contributed by atoms with Gasteiger partial charge in [0, 0.05) is 18.8 Å². The number of nitrogens with zero attached hydrogens (tertiary/aromatic N) is 1. The highest BCUT2D eigenvalue weighted by Gasteiger charge is 2.11. The zero-order valence-electron chi connectivity index (χ0n) is 16.2. The van der Waals surface area contributed by atoms with E-state index in [9.17, 15) is 4.79 Å². The Balaban J connectivity index is 1.83. The fourth-order valence-corrected chi connectivity index (χ4v) is 2.56. The molecule has 5 heteroatoms. The number of rotatable bonds is 7. The lowest BCUT2D eigenvalue weighted by molar-refractivity contribution is 0.215. The van der Waals surface area contributed by atoms with Crippen molar-refractivity contribution in [1.29, 1.82) is 0 Å². The first-order chi connectivity index (χ1) is 12.4. The molecule has 0 aromatic heterocycles. The summed E-state index contributed by atoms with van der Waals surface area (Å²) in [6, 6.07) is 13.5. The molecule has 2 rings (SSSR count). The van der Waals surface area contributed by atoms with Crippen molar-refractivity contribution in [2.45, 2.75) is 33.7 Å². The number of carbonyl (C=O) groups excluding carboxylic acids is 1. The number of hydrogen-bond acceptors (Lipinski definition) is 3. The van der Waals surface area contributed by atoms with Crippen LogP contribution in [0.3, 0.4) is 0 Å². The Bertz CT molecular complexity index is 706. The molecule has 2 amide bonds. The van der Waals surface area contributed by atoms with Gasteiger partial charge in [-0.2, -0.15) is 0 Å². The van der Waals surface area contributed by atoms with E-state index in [1.54, 1.807) is 11.9 Å². The first kappa shape index (κ1) is 19.6. The standard InChI is InChI=1S/C21H28N2O3/c1-15(2)22-21(24)23(5)18-9-11-19(12-10-18)25-13-14-26-20-16(3)7-6-8-17(20)4/h6-12,15H,13-14H2,1-5H3,(H,22,24). The number of anilines is 1. The van der Waals surface area contributed by atoms with Gasteiger partial charge in [0.2, 0.25) is 0 Å². The second kappa shape index (κ2) is 9.13. The molecule has 0 bridgehead atoms. The molecule has 0 radical (unpaired) electrons. The van der Waals surface area contributed by atoms with Gasteiger partial charge >= 0.3 is 6.03 Å². The second-order valence-corrected chi connectivity index (χ2v) is 6.57. The fraction of sp³-hybridized carbons (Fsp3) is 0.381. The van der Waals surface area contributed by atoms with Gasteiger partial charge in [0.1, 0.15) is 24.7 Å². The third-order valence-corrected chi connectivity index (χ3v) is 3.95. The van der Waals surface area contributed by atoms with Crippen LogP contribution in [0.15, 0.2) is 42.5 Å². The zero-order valence-corrected chi connectivity index (χ0v) is 16.2. The number of carbonyl (C=O) groups is 1. The van der Waals surface area contributed by atoms with E-state index < -0.39 is 0 Å². The van der Waals surface area contributed by atoms with Crippen LogP contribution < -0.4 is 19.7 Å². The van der Waals surface area contributed by atoms with E-state index >= 15 is 0 Å². The number of ether oxygens (including phenoxy) is 2. The normalized spacial score (nSPS) is 10.5. The number of para-hydroxylation sites is 1. The minimum absolute atomic E-state index is 0.101. The molecule has 0 atom stereocenters. The van der Waals surface area contributed by atoms with Crippen LogP contribution in [0.2, 0.25) is 0 Å². The third kappa shape index (κ3) is 5.41. The van der Waals surface area contributed by atoms with Crippen LogP contribution >= 0.6 is 0 Å². The van der Waals surface area contributed by atoms with Gasteiger partial charge in [-0.25, -0.2) is 4.79 Å². The van der Waals surface area contributed by atoms with Gasteiger partial charge in [-0.3, -0.25) is 4.90 Å². The molecule has 0 fully saturated rings. The van der Waals surface area contributed by atoms with Gasteiger partial charge in [-0.1, -0.05) is 18.2 Å². The van der Waals surface area contributed by atoms with Crippen molar-refractivity contribution in [3.8, 4) is 11.5 Å². The smallest absolute Gasteiger partial charge is 0.321 e. The van der Waals surface area contributed by atoms with Crippen LogP contribution in [0.25, 0.3) is 0 Å². The number of urea groups is 1. The molecule has 0 spiro atoms. The van der Waals surface area contributed by atoms with E-state index in [0.717, 1.165) is 28.3 Å². The minimum Gasteiger partial charge on any atom is -0.490 e. The zero-order chi connectivity index (χ0) is 19.1. The lowest BCUT2D eigenvalue weighted by Gasteiger charge is -2.20. The SMILES string of the molecule is Cc1cccc(C)c1OCCOc1ccc(N(C)C(=O)NC(C)C)cc1. The first-order valence-corrected chi connectivity index (χ1v) is 8.84. The molecule has 0 unspecified atom stereocenters. The van der Waals surface area contributed by atoms with Crippen molar-refractivity contribution in [3.63, 3.8) is 0 Å². The van der Waals surface area contributed by atoms with Gasteiger partial charge in [0.25, 0.3) is 0 Å². The molecular formula is C21H28N2O3. The summed E-state index contributed by atoms with van der Waals surface area (Å²) in [6.45, 7) is 8.87. The second-order valence-electron chi connectivity index (χ2n) is 6.57. The van der Waals surface area contributed by atoms with E-state index in [2.05, 4.69) is 5.32 Å². The lowest BCUT2D eigenvalue weighted by Crippen LogP contribution is -2.40. The Morgan fingerprint density at radius 3 is 2.15 bits per heavy atom. The van der Waals surface area contributed by atoms with E-state index in [-0.39, 0.29) is 12.1 Å². The average Bonchev–Trinajstić information content (AvgIpc) is 2.60. The quantitative estimate of drug-likeness (QED) is 0.752.